The molecule has 0 saturated heterocycles. The maximum Gasteiger partial charge on any atom is 0.303 e. The highest BCUT2D eigenvalue weighted by Crippen LogP contribution is 2.20. The molecule has 11 nitrogen and oxygen atoms in total. The molecule has 0 amide bonds. The number of esters is 5. The Kier molecular flexibility index (Phi) is 12.0. The molecule has 29 heavy (non-hydrogen) atoms. The number of rotatable bonds is 11. The second kappa shape index (κ2) is 13.3. The number of hydrogen-bond acceptors (Lipinski definition) is 12. The van der Waals surface area contributed by atoms with E-state index in [1.54, 1.807) is 0 Å². The standard InChI is InChI=1S/C17H23NO10S/c1-9(19)24-7-15(26-11(3)21)17(28-13(5)23)16(27-12(4)22)14(6-18-8-29)25-10(2)20/h14-17H,6-7H2,1-5H3/t14-,15+,16+,17+/m0/s1. The molecule has 0 radical (unpaired) electrons. The fourth-order valence-electron chi connectivity index (χ4n) is 2.25. The van der Waals surface area contributed by atoms with Gasteiger partial charge in [-0.25, -0.2) is 4.99 Å². The van der Waals surface area contributed by atoms with Gasteiger partial charge in [-0.3, -0.25) is 24.0 Å². The average Bonchev–Trinajstić information content (AvgIpc) is 2.57. The van der Waals surface area contributed by atoms with E-state index in [0.717, 1.165) is 34.6 Å². The molecule has 162 valence electrons. The Morgan fingerprint density at radius 1 is 0.724 bits per heavy atom. The molecule has 0 bridgehead atoms. The van der Waals surface area contributed by atoms with Gasteiger partial charge in [-0.15, -0.1) is 0 Å². The molecule has 12 heteroatoms. The summed E-state index contributed by atoms with van der Waals surface area (Å²) >= 11 is 4.50. The normalized spacial score (nSPS) is 14.1. The average molecular weight is 433 g/mol. The summed E-state index contributed by atoms with van der Waals surface area (Å²) in [7, 11) is 0. The van der Waals surface area contributed by atoms with Gasteiger partial charge in [0.1, 0.15) is 6.61 Å². The van der Waals surface area contributed by atoms with E-state index in [1.165, 1.54) is 0 Å². The topological polar surface area (TPSA) is 144 Å². The zero-order valence-corrected chi connectivity index (χ0v) is 17.5. The zero-order chi connectivity index (χ0) is 22.6. The Hall–Kier alpha value is -2.85. The van der Waals surface area contributed by atoms with Crippen molar-refractivity contribution in [2.24, 2.45) is 4.99 Å². The molecule has 4 atom stereocenters. The van der Waals surface area contributed by atoms with Gasteiger partial charge in [0, 0.05) is 34.6 Å². The van der Waals surface area contributed by atoms with E-state index in [4.69, 9.17) is 23.7 Å². The molecule has 0 rings (SSSR count). The molecule has 0 N–H and O–H groups in total. The molecule has 0 saturated carbocycles. The second-order valence-electron chi connectivity index (χ2n) is 5.68. The number of thiocarbonyl (C=S) groups is 1. The molecule has 0 spiro atoms. The zero-order valence-electron chi connectivity index (χ0n) is 16.7. The summed E-state index contributed by atoms with van der Waals surface area (Å²) < 4.78 is 25.5. The first-order valence-corrected chi connectivity index (χ1v) is 8.74. The lowest BCUT2D eigenvalue weighted by Crippen LogP contribution is -2.53. The first-order valence-electron chi connectivity index (χ1n) is 8.33. The SMILES string of the molecule is CC(=O)OC[C@@H](OC(C)=O)[C@@H](OC(C)=O)[C@H](OC(C)=O)[C@H](CN=C=S)OC(C)=O. The fourth-order valence-corrected chi connectivity index (χ4v) is 2.32. The van der Waals surface area contributed by atoms with E-state index in [2.05, 4.69) is 22.4 Å². The first-order chi connectivity index (χ1) is 13.5. The van der Waals surface area contributed by atoms with Crippen molar-refractivity contribution in [3.63, 3.8) is 0 Å². The molecule has 0 aliphatic carbocycles. The Morgan fingerprint density at radius 3 is 1.52 bits per heavy atom. The van der Waals surface area contributed by atoms with Crippen molar-refractivity contribution < 1.29 is 47.7 Å². The van der Waals surface area contributed by atoms with Crippen molar-refractivity contribution in [2.45, 2.75) is 59.0 Å². The van der Waals surface area contributed by atoms with Crippen LogP contribution in [-0.4, -0.2) is 72.6 Å². The van der Waals surface area contributed by atoms with Gasteiger partial charge in [-0.1, -0.05) is 0 Å². The molecule has 0 aromatic heterocycles. The summed E-state index contributed by atoms with van der Waals surface area (Å²) in [6.45, 7) is 4.61. The Bertz CT molecular complexity index is 669. The minimum absolute atomic E-state index is 0.293. The predicted molar refractivity (Wildman–Crippen MR) is 98.7 cm³/mol. The van der Waals surface area contributed by atoms with Crippen LogP contribution in [0.2, 0.25) is 0 Å². The van der Waals surface area contributed by atoms with Crippen LogP contribution < -0.4 is 0 Å². The third-order valence-corrected chi connectivity index (χ3v) is 3.21. The van der Waals surface area contributed by atoms with Crippen LogP contribution in [0.25, 0.3) is 0 Å². The third-order valence-electron chi connectivity index (χ3n) is 3.08. The first kappa shape index (κ1) is 26.1. The van der Waals surface area contributed by atoms with Crippen molar-refractivity contribution in [1.29, 1.82) is 0 Å². The van der Waals surface area contributed by atoms with Gasteiger partial charge in [0.05, 0.1) is 11.7 Å². The minimum Gasteiger partial charge on any atom is -0.462 e. The Morgan fingerprint density at radius 2 is 1.14 bits per heavy atom. The number of aliphatic imine (C=N–C) groups is 1. The van der Waals surface area contributed by atoms with E-state index in [0.29, 0.717) is 0 Å². The number of isothiocyanates is 1. The van der Waals surface area contributed by atoms with Crippen LogP contribution in [0.15, 0.2) is 4.99 Å². The van der Waals surface area contributed by atoms with Gasteiger partial charge in [0.2, 0.25) is 0 Å². The van der Waals surface area contributed by atoms with E-state index in [-0.39, 0.29) is 6.54 Å². The lowest BCUT2D eigenvalue weighted by atomic mass is 10.0. The van der Waals surface area contributed by atoms with Crippen molar-refractivity contribution >= 4 is 47.2 Å². The second-order valence-corrected chi connectivity index (χ2v) is 5.86. The van der Waals surface area contributed by atoms with Crippen LogP contribution in [0.3, 0.4) is 0 Å². The summed E-state index contributed by atoms with van der Waals surface area (Å²) in [6.07, 6.45) is -5.61. The van der Waals surface area contributed by atoms with Gasteiger partial charge in [-0.2, -0.15) is 0 Å². The maximum atomic E-state index is 11.7. The number of ether oxygens (including phenoxy) is 5. The summed E-state index contributed by atoms with van der Waals surface area (Å²) in [6, 6.07) is 0. The van der Waals surface area contributed by atoms with Gasteiger partial charge < -0.3 is 23.7 Å². The van der Waals surface area contributed by atoms with Crippen LogP contribution in [0.1, 0.15) is 34.6 Å². The molecular formula is C17H23NO10S. The highest BCUT2D eigenvalue weighted by molar-refractivity contribution is 7.78. The van der Waals surface area contributed by atoms with E-state index in [1.807, 2.05) is 0 Å². The predicted octanol–water partition coefficient (Wildman–Crippen LogP) is 0.379. The Balaban J connectivity index is 6.20. The number of carbonyl (C=O) groups excluding carboxylic acids is 5. The molecule has 0 aromatic rings. The summed E-state index contributed by atoms with van der Waals surface area (Å²) in [5, 5.41) is 2.07. The van der Waals surface area contributed by atoms with Gasteiger partial charge in [0.15, 0.2) is 24.4 Å². The van der Waals surface area contributed by atoms with Crippen molar-refractivity contribution in [3.05, 3.63) is 0 Å². The Labute approximate surface area is 172 Å². The largest absolute Gasteiger partial charge is 0.462 e. The van der Waals surface area contributed by atoms with Gasteiger partial charge in [-0.05, 0) is 12.2 Å². The highest BCUT2D eigenvalue weighted by Gasteiger charge is 2.43. The van der Waals surface area contributed by atoms with Gasteiger partial charge in [0.25, 0.3) is 0 Å². The molecule has 0 aliphatic heterocycles. The molecular weight excluding hydrogens is 410 g/mol. The summed E-state index contributed by atoms with van der Waals surface area (Å²) in [5.74, 6) is -3.88. The van der Waals surface area contributed by atoms with Crippen LogP contribution in [0.5, 0.6) is 0 Å². The lowest BCUT2D eigenvalue weighted by molar-refractivity contribution is -0.201. The molecule has 0 unspecified atom stereocenters. The number of nitrogens with zero attached hydrogens (tertiary/aromatic N) is 1. The van der Waals surface area contributed by atoms with Crippen molar-refractivity contribution in [1.82, 2.24) is 0 Å². The maximum absolute atomic E-state index is 11.7. The summed E-state index contributed by atoms with van der Waals surface area (Å²) in [5.41, 5.74) is 0. The van der Waals surface area contributed by atoms with Gasteiger partial charge >= 0.3 is 29.8 Å². The molecule has 0 aromatic carbocycles. The molecule has 0 aliphatic rings. The lowest BCUT2D eigenvalue weighted by Gasteiger charge is -2.34. The summed E-state index contributed by atoms with van der Waals surface area (Å²) in [4.78, 5) is 61.2. The molecule has 0 heterocycles. The van der Waals surface area contributed by atoms with E-state index < -0.39 is 60.9 Å². The highest BCUT2D eigenvalue weighted by atomic mass is 32.1. The smallest absolute Gasteiger partial charge is 0.303 e. The van der Waals surface area contributed by atoms with Crippen molar-refractivity contribution in [3.8, 4) is 0 Å². The van der Waals surface area contributed by atoms with E-state index in [9.17, 15) is 24.0 Å². The number of carbonyl (C=O) groups is 5. The fraction of sp³-hybridized carbons (Fsp3) is 0.647. The number of hydrogen-bond donors (Lipinski definition) is 0. The van der Waals surface area contributed by atoms with E-state index >= 15 is 0 Å². The van der Waals surface area contributed by atoms with Crippen molar-refractivity contribution in [2.75, 3.05) is 13.2 Å². The monoisotopic (exact) mass is 433 g/mol. The van der Waals surface area contributed by atoms with Crippen LogP contribution in [0.4, 0.5) is 0 Å². The van der Waals surface area contributed by atoms with Crippen LogP contribution in [0, 0.1) is 0 Å². The quantitative estimate of drug-likeness (QED) is 0.193. The third kappa shape index (κ3) is 11.6. The molecule has 0 fully saturated rings. The van der Waals surface area contributed by atoms with Crippen LogP contribution in [-0.2, 0) is 47.7 Å². The minimum atomic E-state index is -1.50. The van der Waals surface area contributed by atoms with Crippen LogP contribution >= 0.6 is 12.2 Å².